The molecule has 1 aliphatic heterocycles. The zero-order valence-corrected chi connectivity index (χ0v) is 17.5. The Hall–Kier alpha value is -2.93. The Labute approximate surface area is 174 Å². The molecular formula is C21H23ClN6O. The first-order valence-electron chi connectivity index (χ1n) is 9.54. The number of anilines is 1. The smallest absolute Gasteiger partial charge is 0.257 e. The molecule has 3 aromatic rings. The van der Waals surface area contributed by atoms with Gasteiger partial charge < -0.3 is 9.80 Å². The van der Waals surface area contributed by atoms with Crippen LogP contribution in [0.5, 0.6) is 0 Å². The Morgan fingerprint density at radius 2 is 1.97 bits per heavy atom. The highest BCUT2D eigenvalue weighted by Gasteiger charge is 2.34. The van der Waals surface area contributed by atoms with E-state index in [1.807, 2.05) is 61.4 Å². The maximum atomic E-state index is 13.2. The molecule has 0 saturated carbocycles. The predicted molar refractivity (Wildman–Crippen MR) is 113 cm³/mol. The van der Waals surface area contributed by atoms with Crippen molar-refractivity contribution in [2.24, 2.45) is 7.05 Å². The molecule has 0 unspecified atom stereocenters. The first kappa shape index (κ1) is 19.4. The second kappa shape index (κ2) is 7.83. The van der Waals surface area contributed by atoms with Crippen molar-refractivity contribution in [2.45, 2.75) is 18.9 Å². The largest absolute Gasteiger partial charge is 0.347 e. The third-order valence-corrected chi connectivity index (χ3v) is 5.39. The Morgan fingerprint density at radius 1 is 1.21 bits per heavy atom. The summed E-state index contributed by atoms with van der Waals surface area (Å²) in [6.45, 7) is 0.694. The van der Waals surface area contributed by atoms with Crippen LogP contribution in [0.25, 0.3) is 11.1 Å². The van der Waals surface area contributed by atoms with Crippen molar-refractivity contribution in [3.05, 3.63) is 59.1 Å². The van der Waals surface area contributed by atoms with Gasteiger partial charge in [0.1, 0.15) is 0 Å². The fourth-order valence-corrected chi connectivity index (χ4v) is 3.82. The fraction of sp³-hybridized carbons (Fsp3) is 0.333. The fourth-order valence-electron chi connectivity index (χ4n) is 3.70. The van der Waals surface area contributed by atoms with Crippen LogP contribution in [-0.2, 0) is 7.05 Å². The van der Waals surface area contributed by atoms with Crippen LogP contribution < -0.4 is 4.90 Å². The number of aromatic nitrogens is 4. The molecule has 0 N–H and O–H groups in total. The molecule has 2 aromatic heterocycles. The lowest BCUT2D eigenvalue weighted by atomic mass is 9.99. The summed E-state index contributed by atoms with van der Waals surface area (Å²) in [6.07, 6.45) is 6.99. The maximum Gasteiger partial charge on any atom is 0.257 e. The molecule has 3 heterocycles. The molecule has 150 valence electrons. The Bertz CT molecular complexity index is 1030. The van der Waals surface area contributed by atoms with Gasteiger partial charge in [-0.05, 0) is 30.5 Å². The molecule has 1 atom stereocenters. The number of aryl methyl sites for hydroxylation is 1. The molecule has 0 aliphatic carbocycles. The van der Waals surface area contributed by atoms with Crippen molar-refractivity contribution in [3.63, 3.8) is 0 Å². The van der Waals surface area contributed by atoms with Crippen LogP contribution >= 0.6 is 11.6 Å². The lowest BCUT2D eigenvalue weighted by Gasteiger charge is -2.26. The summed E-state index contributed by atoms with van der Waals surface area (Å²) in [6, 6.07) is 7.51. The van der Waals surface area contributed by atoms with E-state index in [9.17, 15) is 4.79 Å². The number of hydrogen-bond donors (Lipinski definition) is 0. The molecule has 7 nitrogen and oxygen atoms in total. The first-order chi connectivity index (χ1) is 13.9. The van der Waals surface area contributed by atoms with Crippen LogP contribution in [0.15, 0.2) is 42.9 Å². The SMILES string of the molecule is CN(C)c1ncc(-c2ccc(Cl)cc2)c([C@H]2CCCN2C(=O)c2cnn(C)c2)n1. The van der Waals surface area contributed by atoms with Crippen molar-refractivity contribution in [2.75, 3.05) is 25.5 Å². The summed E-state index contributed by atoms with van der Waals surface area (Å²) >= 11 is 6.07. The minimum atomic E-state index is -0.116. The molecular weight excluding hydrogens is 388 g/mol. The van der Waals surface area contributed by atoms with E-state index in [1.54, 1.807) is 17.1 Å². The number of amides is 1. The monoisotopic (exact) mass is 410 g/mol. The quantitative estimate of drug-likeness (QED) is 0.657. The molecule has 1 saturated heterocycles. The summed E-state index contributed by atoms with van der Waals surface area (Å²) in [5.41, 5.74) is 3.36. The van der Waals surface area contributed by atoms with E-state index in [2.05, 4.69) is 10.1 Å². The summed E-state index contributed by atoms with van der Waals surface area (Å²) in [5, 5.41) is 4.82. The zero-order chi connectivity index (χ0) is 20.5. The minimum Gasteiger partial charge on any atom is -0.347 e. The van der Waals surface area contributed by atoms with Crippen molar-refractivity contribution >= 4 is 23.5 Å². The van der Waals surface area contributed by atoms with Gasteiger partial charge in [0.2, 0.25) is 5.95 Å². The summed E-state index contributed by atoms with van der Waals surface area (Å²) in [4.78, 5) is 26.3. The number of nitrogens with zero attached hydrogens (tertiary/aromatic N) is 6. The van der Waals surface area contributed by atoms with E-state index in [1.165, 1.54) is 0 Å². The summed E-state index contributed by atoms with van der Waals surface area (Å²) in [7, 11) is 5.63. The van der Waals surface area contributed by atoms with Gasteiger partial charge in [0.05, 0.1) is 23.5 Å². The molecule has 0 radical (unpaired) electrons. The molecule has 0 bridgehead atoms. The van der Waals surface area contributed by atoms with E-state index in [0.29, 0.717) is 23.1 Å². The highest BCUT2D eigenvalue weighted by molar-refractivity contribution is 6.30. The zero-order valence-electron chi connectivity index (χ0n) is 16.7. The molecule has 8 heteroatoms. The van der Waals surface area contributed by atoms with Crippen molar-refractivity contribution in [1.29, 1.82) is 0 Å². The lowest BCUT2D eigenvalue weighted by Crippen LogP contribution is -2.31. The second-order valence-electron chi connectivity index (χ2n) is 7.43. The number of hydrogen-bond acceptors (Lipinski definition) is 5. The van der Waals surface area contributed by atoms with Gasteiger partial charge in [-0.25, -0.2) is 9.97 Å². The first-order valence-corrected chi connectivity index (χ1v) is 9.91. The topological polar surface area (TPSA) is 67.2 Å². The van der Waals surface area contributed by atoms with E-state index in [4.69, 9.17) is 16.6 Å². The van der Waals surface area contributed by atoms with E-state index >= 15 is 0 Å². The maximum absolute atomic E-state index is 13.2. The van der Waals surface area contributed by atoms with Gasteiger partial charge in [-0.15, -0.1) is 0 Å². The van der Waals surface area contributed by atoms with E-state index in [-0.39, 0.29) is 11.9 Å². The van der Waals surface area contributed by atoms with Gasteiger partial charge in [-0.1, -0.05) is 23.7 Å². The number of halogens is 1. The van der Waals surface area contributed by atoms with Crippen LogP contribution in [0.1, 0.15) is 34.9 Å². The average Bonchev–Trinajstić information content (AvgIpc) is 3.37. The molecule has 1 fully saturated rings. The number of carbonyl (C=O) groups excluding carboxylic acids is 1. The third-order valence-electron chi connectivity index (χ3n) is 5.14. The minimum absolute atomic E-state index is 0.0207. The number of carbonyl (C=O) groups is 1. The highest BCUT2D eigenvalue weighted by Crippen LogP contribution is 2.38. The Kier molecular flexibility index (Phi) is 5.24. The van der Waals surface area contributed by atoms with Crippen LogP contribution in [0, 0.1) is 0 Å². The lowest BCUT2D eigenvalue weighted by molar-refractivity contribution is 0.0733. The Balaban J connectivity index is 1.77. The molecule has 0 spiro atoms. The van der Waals surface area contributed by atoms with Gasteiger partial charge in [-0.3, -0.25) is 9.48 Å². The molecule has 29 heavy (non-hydrogen) atoms. The summed E-state index contributed by atoms with van der Waals surface area (Å²) in [5.74, 6) is 0.603. The van der Waals surface area contributed by atoms with Gasteiger partial charge in [0, 0.05) is 50.7 Å². The van der Waals surface area contributed by atoms with Crippen molar-refractivity contribution in [3.8, 4) is 11.1 Å². The van der Waals surface area contributed by atoms with Crippen LogP contribution in [0.4, 0.5) is 5.95 Å². The normalized spacial score (nSPS) is 16.3. The van der Waals surface area contributed by atoms with Gasteiger partial charge in [0.15, 0.2) is 0 Å². The molecule has 1 aromatic carbocycles. The van der Waals surface area contributed by atoms with Gasteiger partial charge in [0.25, 0.3) is 5.91 Å². The van der Waals surface area contributed by atoms with Crippen molar-refractivity contribution in [1.82, 2.24) is 24.6 Å². The van der Waals surface area contributed by atoms with E-state index in [0.717, 1.165) is 29.7 Å². The number of rotatable bonds is 4. The highest BCUT2D eigenvalue weighted by atomic mass is 35.5. The summed E-state index contributed by atoms with van der Waals surface area (Å²) < 4.78 is 1.65. The predicted octanol–water partition coefficient (Wildman–Crippen LogP) is 3.57. The van der Waals surface area contributed by atoms with E-state index < -0.39 is 0 Å². The van der Waals surface area contributed by atoms with Gasteiger partial charge in [-0.2, -0.15) is 5.10 Å². The molecule has 1 aliphatic rings. The Morgan fingerprint density at radius 3 is 2.62 bits per heavy atom. The number of likely N-dealkylation sites (tertiary alicyclic amines) is 1. The van der Waals surface area contributed by atoms with Crippen molar-refractivity contribution < 1.29 is 4.79 Å². The standard InChI is InChI=1S/C21H23ClN6O/c1-26(2)21-23-12-17(14-6-8-16(22)9-7-14)19(25-21)18-5-4-10-28(18)20(29)15-11-24-27(3)13-15/h6-9,11-13,18H,4-5,10H2,1-3H3/t18-/m1/s1. The van der Waals surface area contributed by atoms with Crippen LogP contribution in [0.3, 0.4) is 0 Å². The average molecular weight is 411 g/mol. The van der Waals surface area contributed by atoms with Crippen LogP contribution in [-0.4, -0.2) is 51.2 Å². The number of benzene rings is 1. The second-order valence-corrected chi connectivity index (χ2v) is 7.87. The van der Waals surface area contributed by atoms with Gasteiger partial charge >= 0.3 is 0 Å². The third kappa shape index (κ3) is 3.82. The van der Waals surface area contributed by atoms with Crippen LogP contribution in [0.2, 0.25) is 5.02 Å². The molecule has 1 amide bonds. The molecule has 4 rings (SSSR count).